The SMILES string of the molecule is CN(C)C(=O)CN1CCN(S(=O)(=O)c2ccc3c(c2)OCCO3)CC1. The van der Waals surface area contributed by atoms with Crippen LogP contribution in [0.5, 0.6) is 11.5 Å². The summed E-state index contributed by atoms with van der Waals surface area (Å²) in [5.41, 5.74) is 0. The van der Waals surface area contributed by atoms with E-state index in [0.717, 1.165) is 0 Å². The van der Waals surface area contributed by atoms with Crippen molar-refractivity contribution < 1.29 is 22.7 Å². The Bertz CT molecular complexity index is 742. The molecule has 0 aromatic heterocycles. The van der Waals surface area contributed by atoms with E-state index in [1.165, 1.54) is 15.3 Å². The number of likely N-dealkylation sites (N-methyl/N-ethyl adjacent to an activating group) is 1. The summed E-state index contributed by atoms with van der Waals surface area (Å²) >= 11 is 0. The number of benzene rings is 1. The Hall–Kier alpha value is -1.84. The van der Waals surface area contributed by atoms with Crippen LogP contribution in [0.15, 0.2) is 23.1 Å². The highest BCUT2D eigenvalue weighted by molar-refractivity contribution is 7.89. The van der Waals surface area contributed by atoms with Crippen LogP contribution in [0.25, 0.3) is 0 Å². The van der Waals surface area contributed by atoms with Gasteiger partial charge in [0.25, 0.3) is 0 Å². The number of amides is 1. The first-order chi connectivity index (χ1) is 11.9. The number of piperazine rings is 1. The Kier molecular flexibility index (Phi) is 5.16. The minimum atomic E-state index is -3.59. The predicted molar refractivity (Wildman–Crippen MR) is 91.3 cm³/mol. The van der Waals surface area contributed by atoms with E-state index in [2.05, 4.69) is 0 Å². The summed E-state index contributed by atoms with van der Waals surface area (Å²) in [6.07, 6.45) is 0. The van der Waals surface area contributed by atoms with E-state index in [0.29, 0.717) is 57.4 Å². The van der Waals surface area contributed by atoms with Crippen molar-refractivity contribution in [3.8, 4) is 11.5 Å². The van der Waals surface area contributed by atoms with Gasteiger partial charge in [-0.3, -0.25) is 9.69 Å². The minimum absolute atomic E-state index is 0.0168. The Labute approximate surface area is 147 Å². The van der Waals surface area contributed by atoms with Crippen molar-refractivity contribution in [2.75, 3.05) is 60.0 Å². The number of rotatable bonds is 4. The lowest BCUT2D eigenvalue weighted by Crippen LogP contribution is -2.50. The van der Waals surface area contributed by atoms with E-state index < -0.39 is 10.0 Å². The molecule has 1 aromatic rings. The molecule has 1 aromatic carbocycles. The summed E-state index contributed by atoms with van der Waals surface area (Å²) in [6.45, 7) is 2.97. The first-order valence-corrected chi connectivity index (χ1v) is 9.64. The number of carbonyl (C=O) groups is 1. The van der Waals surface area contributed by atoms with E-state index in [4.69, 9.17) is 9.47 Å². The first kappa shape index (κ1) is 18.0. The topological polar surface area (TPSA) is 79.4 Å². The molecule has 9 heteroatoms. The number of fused-ring (bicyclic) bond motifs is 1. The van der Waals surface area contributed by atoms with Gasteiger partial charge in [0.05, 0.1) is 11.4 Å². The molecule has 0 spiro atoms. The number of sulfonamides is 1. The lowest BCUT2D eigenvalue weighted by atomic mass is 10.3. The predicted octanol–water partition coefficient (Wildman–Crippen LogP) is -0.148. The molecular formula is C16H23N3O5S. The number of carbonyl (C=O) groups excluding carboxylic acids is 1. The highest BCUT2D eigenvalue weighted by Gasteiger charge is 2.30. The zero-order chi connectivity index (χ0) is 18.0. The average molecular weight is 369 g/mol. The van der Waals surface area contributed by atoms with Crippen molar-refractivity contribution in [3.05, 3.63) is 18.2 Å². The Morgan fingerprint density at radius 1 is 1.08 bits per heavy atom. The largest absolute Gasteiger partial charge is 0.486 e. The number of ether oxygens (including phenoxy) is 2. The van der Waals surface area contributed by atoms with Crippen LogP contribution in [-0.2, 0) is 14.8 Å². The first-order valence-electron chi connectivity index (χ1n) is 8.20. The lowest BCUT2D eigenvalue weighted by molar-refractivity contribution is -0.130. The van der Waals surface area contributed by atoms with E-state index in [9.17, 15) is 13.2 Å². The van der Waals surface area contributed by atoms with Crippen molar-refractivity contribution in [3.63, 3.8) is 0 Å². The average Bonchev–Trinajstić information content (AvgIpc) is 2.61. The third-order valence-electron chi connectivity index (χ3n) is 4.34. The van der Waals surface area contributed by atoms with Crippen LogP contribution in [-0.4, -0.2) is 88.5 Å². The van der Waals surface area contributed by atoms with Crippen molar-refractivity contribution >= 4 is 15.9 Å². The number of hydrogen-bond donors (Lipinski definition) is 0. The van der Waals surface area contributed by atoms with E-state index in [-0.39, 0.29) is 10.8 Å². The lowest BCUT2D eigenvalue weighted by Gasteiger charge is -2.34. The van der Waals surface area contributed by atoms with Crippen molar-refractivity contribution in [2.45, 2.75) is 4.90 Å². The maximum absolute atomic E-state index is 12.8. The van der Waals surface area contributed by atoms with Gasteiger partial charge in [-0.25, -0.2) is 8.42 Å². The van der Waals surface area contributed by atoms with Gasteiger partial charge < -0.3 is 14.4 Å². The second-order valence-electron chi connectivity index (χ2n) is 6.27. The molecular weight excluding hydrogens is 346 g/mol. The number of nitrogens with zero attached hydrogens (tertiary/aromatic N) is 3. The second-order valence-corrected chi connectivity index (χ2v) is 8.21. The molecule has 0 radical (unpaired) electrons. The monoisotopic (exact) mass is 369 g/mol. The van der Waals surface area contributed by atoms with Crippen LogP contribution in [0.1, 0.15) is 0 Å². The van der Waals surface area contributed by atoms with Crippen molar-refractivity contribution in [1.29, 1.82) is 0 Å². The third kappa shape index (κ3) is 3.88. The fourth-order valence-corrected chi connectivity index (χ4v) is 4.23. The Morgan fingerprint density at radius 2 is 1.72 bits per heavy atom. The molecule has 2 aliphatic heterocycles. The van der Waals surface area contributed by atoms with Crippen LogP contribution in [0.2, 0.25) is 0 Å². The van der Waals surface area contributed by atoms with Crippen LogP contribution >= 0.6 is 0 Å². The maximum atomic E-state index is 12.8. The van der Waals surface area contributed by atoms with Crippen LogP contribution in [0.3, 0.4) is 0 Å². The van der Waals surface area contributed by atoms with Crippen LogP contribution < -0.4 is 9.47 Å². The molecule has 25 heavy (non-hydrogen) atoms. The van der Waals surface area contributed by atoms with Gasteiger partial charge in [-0.2, -0.15) is 4.31 Å². The van der Waals surface area contributed by atoms with E-state index in [1.807, 2.05) is 4.90 Å². The van der Waals surface area contributed by atoms with Gasteiger partial charge in [-0.1, -0.05) is 0 Å². The van der Waals surface area contributed by atoms with Crippen LogP contribution in [0.4, 0.5) is 0 Å². The summed E-state index contributed by atoms with van der Waals surface area (Å²) in [6, 6.07) is 4.70. The molecule has 0 N–H and O–H groups in total. The quantitative estimate of drug-likeness (QED) is 0.735. The van der Waals surface area contributed by atoms with Crippen molar-refractivity contribution in [1.82, 2.24) is 14.1 Å². The molecule has 2 aliphatic rings. The second kappa shape index (κ2) is 7.19. The third-order valence-corrected chi connectivity index (χ3v) is 6.23. The van der Waals surface area contributed by atoms with Gasteiger partial charge >= 0.3 is 0 Å². The minimum Gasteiger partial charge on any atom is -0.486 e. The van der Waals surface area contributed by atoms with Crippen molar-refractivity contribution in [2.24, 2.45) is 0 Å². The fraction of sp³-hybridized carbons (Fsp3) is 0.562. The molecule has 0 saturated carbocycles. The normalized spacial score (nSPS) is 18.8. The van der Waals surface area contributed by atoms with Gasteiger partial charge in [0.1, 0.15) is 13.2 Å². The van der Waals surface area contributed by atoms with Gasteiger partial charge in [0.2, 0.25) is 15.9 Å². The maximum Gasteiger partial charge on any atom is 0.243 e. The molecule has 3 rings (SSSR count). The molecule has 2 heterocycles. The summed E-state index contributed by atoms with van der Waals surface area (Å²) in [7, 11) is -0.162. The standard InChI is InChI=1S/C16H23N3O5S/c1-17(2)16(20)12-18-5-7-19(8-6-18)25(21,22)13-3-4-14-15(11-13)24-10-9-23-14/h3-4,11H,5-10,12H2,1-2H3. The molecule has 1 saturated heterocycles. The van der Waals surface area contributed by atoms with Gasteiger partial charge in [-0.15, -0.1) is 0 Å². The molecule has 138 valence electrons. The van der Waals surface area contributed by atoms with E-state index >= 15 is 0 Å². The Morgan fingerprint density at radius 3 is 2.36 bits per heavy atom. The molecule has 8 nitrogen and oxygen atoms in total. The summed E-state index contributed by atoms with van der Waals surface area (Å²) in [5, 5.41) is 0. The smallest absolute Gasteiger partial charge is 0.243 e. The molecule has 1 amide bonds. The van der Waals surface area contributed by atoms with Gasteiger partial charge in [0.15, 0.2) is 11.5 Å². The fourth-order valence-electron chi connectivity index (χ4n) is 2.79. The zero-order valence-corrected chi connectivity index (χ0v) is 15.3. The van der Waals surface area contributed by atoms with E-state index in [1.54, 1.807) is 26.2 Å². The number of hydrogen-bond acceptors (Lipinski definition) is 6. The zero-order valence-electron chi connectivity index (χ0n) is 14.5. The highest BCUT2D eigenvalue weighted by Crippen LogP contribution is 2.33. The van der Waals surface area contributed by atoms with Crippen LogP contribution in [0, 0.1) is 0 Å². The molecule has 0 unspecified atom stereocenters. The summed E-state index contributed by atoms with van der Waals surface area (Å²) in [5.74, 6) is 1.04. The molecule has 1 fully saturated rings. The van der Waals surface area contributed by atoms with Gasteiger partial charge in [0, 0.05) is 46.3 Å². The molecule has 0 bridgehead atoms. The summed E-state index contributed by atoms with van der Waals surface area (Å²) < 4.78 is 38.0. The Balaban J connectivity index is 1.67. The highest BCUT2D eigenvalue weighted by atomic mass is 32.2. The molecule has 0 atom stereocenters. The van der Waals surface area contributed by atoms with Gasteiger partial charge in [-0.05, 0) is 12.1 Å². The summed E-state index contributed by atoms with van der Waals surface area (Å²) in [4.78, 5) is 15.5. The molecule has 0 aliphatic carbocycles.